The number of anilines is 1. The molecule has 4 rings (SSSR count). The van der Waals surface area contributed by atoms with Gasteiger partial charge in [-0.25, -0.2) is 4.39 Å². The van der Waals surface area contributed by atoms with Gasteiger partial charge in [-0.2, -0.15) is 4.52 Å². The summed E-state index contributed by atoms with van der Waals surface area (Å²) in [6, 6.07) is 10.4. The second-order valence-electron chi connectivity index (χ2n) is 6.33. The van der Waals surface area contributed by atoms with E-state index in [9.17, 15) is 4.39 Å². The molecule has 1 aliphatic rings. The minimum Gasteiger partial charge on any atom is -0.373 e. The predicted octanol–water partition coefficient (Wildman–Crippen LogP) is 2.76. The van der Waals surface area contributed by atoms with Crippen LogP contribution in [0.4, 0.5) is 10.2 Å². The summed E-state index contributed by atoms with van der Waals surface area (Å²) < 4.78 is 20.7. The average Bonchev–Trinajstić information content (AvgIpc) is 3.02. The van der Waals surface area contributed by atoms with Gasteiger partial charge in [0.05, 0.1) is 12.7 Å². The minimum absolute atomic E-state index is 0.218. The maximum atomic E-state index is 12.9. The fraction of sp³-hybridized carbons (Fsp3) is 0.389. The van der Waals surface area contributed by atoms with E-state index in [2.05, 4.69) is 20.2 Å². The quantitative estimate of drug-likeness (QED) is 0.730. The van der Waals surface area contributed by atoms with Crippen LogP contribution in [0.1, 0.15) is 24.2 Å². The van der Waals surface area contributed by atoms with Gasteiger partial charge in [0.15, 0.2) is 11.5 Å². The van der Waals surface area contributed by atoms with Crippen LogP contribution < -0.4 is 4.90 Å². The lowest BCUT2D eigenvalue weighted by atomic mass is 10.1. The van der Waals surface area contributed by atoms with Gasteiger partial charge in [-0.05, 0) is 49.6 Å². The number of hydrogen-bond acceptors (Lipinski definition) is 5. The molecule has 0 radical (unpaired) electrons. The van der Waals surface area contributed by atoms with Crippen molar-refractivity contribution in [3.05, 3.63) is 53.6 Å². The number of fused-ring (bicyclic) bond motifs is 1. The highest BCUT2D eigenvalue weighted by molar-refractivity contribution is 5.46. The molecule has 25 heavy (non-hydrogen) atoms. The topological polar surface area (TPSA) is 55.5 Å². The van der Waals surface area contributed by atoms with Gasteiger partial charge in [0.1, 0.15) is 11.6 Å². The lowest BCUT2D eigenvalue weighted by molar-refractivity contribution is 0.0250. The number of hydrogen-bond donors (Lipinski definition) is 0. The molecule has 0 N–H and O–H groups in total. The number of nitrogens with zero attached hydrogens (tertiary/aromatic N) is 5. The molecule has 7 heteroatoms. The number of ether oxygens (including phenoxy) is 1. The number of halogens is 1. The molecular weight excluding hydrogens is 321 g/mol. The fourth-order valence-electron chi connectivity index (χ4n) is 3.10. The third kappa shape index (κ3) is 3.46. The number of aromatic nitrogens is 4. The minimum atomic E-state index is -0.218. The van der Waals surface area contributed by atoms with Crippen LogP contribution in [0.15, 0.2) is 36.4 Å². The summed E-state index contributed by atoms with van der Waals surface area (Å²) in [5.41, 5.74) is 1.76. The first-order chi connectivity index (χ1) is 12.2. The molecule has 0 amide bonds. The van der Waals surface area contributed by atoms with Crippen molar-refractivity contribution in [2.45, 2.75) is 32.5 Å². The van der Waals surface area contributed by atoms with Crippen molar-refractivity contribution in [3.8, 4) is 0 Å². The van der Waals surface area contributed by atoms with Crippen molar-refractivity contribution >= 4 is 11.5 Å². The van der Waals surface area contributed by atoms with Gasteiger partial charge in [0.25, 0.3) is 0 Å². The standard InChI is InChI=1S/C18H20FN5O/c1-13-20-21-17-6-7-18(22-24(13)17)23-10-8-16(9-11-23)25-12-14-2-4-15(19)5-3-14/h2-7,16H,8-12H2,1H3. The van der Waals surface area contributed by atoms with E-state index in [1.165, 1.54) is 12.1 Å². The van der Waals surface area contributed by atoms with Gasteiger partial charge in [-0.15, -0.1) is 15.3 Å². The van der Waals surface area contributed by atoms with Crippen LogP contribution in [0.2, 0.25) is 0 Å². The Balaban J connectivity index is 1.34. The molecule has 0 aliphatic carbocycles. The highest BCUT2D eigenvalue weighted by Crippen LogP contribution is 2.21. The summed E-state index contributed by atoms with van der Waals surface area (Å²) in [4.78, 5) is 2.26. The Kier molecular flexibility index (Phi) is 4.31. The largest absolute Gasteiger partial charge is 0.373 e. The van der Waals surface area contributed by atoms with Gasteiger partial charge in [0.2, 0.25) is 0 Å². The van der Waals surface area contributed by atoms with E-state index in [4.69, 9.17) is 4.74 Å². The third-order valence-electron chi connectivity index (χ3n) is 4.57. The molecule has 6 nitrogen and oxygen atoms in total. The van der Waals surface area contributed by atoms with Gasteiger partial charge in [0, 0.05) is 13.1 Å². The Bertz CT molecular complexity index is 856. The molecular formula is C18H20FN5O. The summed E-state index contributed by atoms with van der Waals surface area (Å²) >= 11 is 0. The SMILES string of the molecule is Cc1nnc2ccc(N3CCC(OCc4ccc(F)cc4)CC3)nn12. The number of piperidine rings is 1. The Morgan fingerprint density at radius 2 is 1.84 bits per heavy atom. The van der Waals surface area contributed by atoms with E-state index in [1.54, 1.807) is 16.6 Å². The molecule has 1 fully saturated rings. The molecule has 130 valence electrons. The fourth-order valence-corrected chi connectivity index (χ4v) is 3.10. The molecule has 1 aromatic carbocycles. The first-order valence-corrected chi connectivity index (χ1v) is 8.49. The van der Waals surface area contributed by atoms with E-state index < -0.39 is 0 Å². The van der Waals surface area contributed by atoms with Crippen molar-refractivity contribution in [2.75, 3.05) is 18.0 Å². The second kappa shape index (κ2) is 6.76. The summed E-state index contributed by atoms with van der Waals surface area (Å²) in [6.07, 6.45) is 2.12. The summed E-state index contributed by atoms with van der Waals surface area (Å²) in [7, 11) is 0. The lowest BCUT2D eigenvalue weighted by Gasteiger charge is -2.32. The van der Waals surface area contributed by atoms with Crippen molar-refractivity contribution in [1.29, 1.82) is 0 Å². The molecule has 2 aromatic heterocycles. The highest BCUT2D eigenvalue weighted by Gasteiger charge is 2.21. The zero-order chi connectivity index (χ0) is 17.2. The maximum Gasteiger partial charge on any atom is 0.178 e. The first-order valence-electron chi connectivity index (χ1n) is 8.49. The Morgan fingerprint density at radius 3 is 2.60 bits per heavy atom. The van der Waals surface area contributed by atoms with E-state index in [0.717, 1.165) is 48.8 Å². The van der Waals surface area contributed by atoms with Crippen molar-refractivity contribution in [3.63, 3.8) is 0 Å². The highest BCUT2D eigenvalue weighted by atomic mass is 19.1. The van der Waals surface area contributed by atoms with Crippen molar-refractivity contribution in [1.82, 2.24) is 19.8 Å². The van der Waals surface area contributed by atoms with Gasteiger partial charge >= 0.3 is 0 Å². The van der Waals surface area contributed by atoms with Crippen LogP contribution >= 0.6 is 0 Å². The molecule has 0 spiro atoms. The predicted molar refractivity (Wildman–Crippen MR) is 91.9 cm³/mol. The summed E-state index contributed by atoms with van der Waals surface area (Å²) in [6.45, 7) is 4.21. The van der Waals surface area contributed by atoms with Crippen molar-refractivity contribution in [2.24, 2.45) is 0 Å². The van der Waals surface area contributed by atoms with Crippen LogP contribution in [0.3, 0.4) is 0 Å². The molecule has 0 unspecified atom stereocenters. The maximum absolute atomic E-state index is 12.9. The normalized spacial score (nSPS) is 15.8. The van der Waals surface area contributed by atoms with Gasteiger partial charge in [-0.3, -0.25) is 0 Å². The van der Waals surface area contributed by atoms with Crippen LogP contribution in [0.5, 0.6) is 0 Å². The van der Waals surface area contributed by atoms with E-state index in [-0.39, 0.29) is 11.9 Å². The Labute approximate surface area is 145 Å². The van der Waals surface area contributed by atoms with E-state index in [0.29, 0.717) is 6.61 Å². The zero-order valence-corrected chi connectivity index (χ0v) is 14.1. The Morgan fingerprint density at radius 1 is 1.08 bits per heavy atom. The molecule has 3 aromatic rings. The van der Waals surface area contributed by atoms with Crippen LogP contribution in [0, 0.1) is 12.7 Å². The second-order valence-corrected chi connectivity index (χ2v) is 6.33. The lowest BCUT2D eigenvalue weighted by Crippen LogP contribution is -2.37. The third-order valence-corrected chi connectivity index (χ3v) is 4.57. The summed E-state index contributed by atoms with van der Waals surface area (Å²) in [5, 5.41) is 12.7. The molecule has 0 bridgehead atoms. The van der Waals surface area contributed by atoms with Crippen LogP contribution in [-0.2, 0) is 11.3 Å². The van der Waals surface area contributed by atoms with Gasteiger partial charge < -0.3 is 9.64 Å². The van der Waals surface area contributed by atoms with Gasteiger partial charge in [-0.1, -0.05) is 12.1 Å². The molecule has 1 aliphatic heterocycles. The number of aryl methyl sites for hydroxylation is 1. The monoisotopic (exact) mass is 341 g/mol. The first kappa shape index (κ1) is 16.0. The molecule has 0 atom stereocenters. The summed E-state index contributed by atoms with van der Waals surface area (Å²) in [5.74, 6) is 1.51. The van der Waals surface area contributed by atoms with Crippen LogP contribution in [0.25, 0.3) is 5.65 Å². The number of benzene rings is 1. The zero-order valence-electron chi connectivity index (χ0n) is 14.1. The van der Waals surface area contributed by atoms with Crippen molar-refractivity contribution < 1.29 is 9.13 Å². The average molecular weight is 341 g/mol. The smallest absolute Gasteiger partial charge is 0.178 e. The van der Waals surface area contributed by atoms with Crippen LogP contribution in [-0.4, -0.2) is 39.0 Å². The number of rotatable bonds is 4. The van der Waals surface area contributed by atoms with E-state index >= 15 is 0 Å². The Hall–Kier alpha value is -2.54. The van der Waals surface area contributed by atoms with E-state index in [1.807, 2.05) is 19.1 Å². The molecule has 0 saturated carbocycles. The molecule has 3 heterocycles. The molecule has 1 saturated heterocycles.